The van der Waals surface area contributed by atoms with Crippen molar-refractivity contribution in [3.63, 3.8) is 0 Å². The van der Waals surface area contributed by atoms with Gasteiger partial charge in [0, 0.05) is 3.92 Å². The second kappa shape index (κ2) is 8.10. The van der Waals surface area contributed by atoms with E-state index < -0.39 is 0 Å². The van der Waals surface area contributed by atoms with Crippen molar-refractivity contribution in [1.29, 1.82) is 0 Å². The summed E-state index contributed by atoms with van der Waals surface area (Å²) in [5.74, 6) is 0. The number of allylic oxidation sites excluding steroid dienone is 1. The first-order valence-corrected chi connectivity index (χ1v) is 6.27. The van der Waals surface area contributed by atoms with Gasteiger partial charge in [-0.3, -0.25) is 0 Å². The summed E-state index contributed by atoms with van der Waals surface area (Å²) in [5.41, 5.74) is 0. The molecule has 0 rings (SSSR count). The SMILES string of the molecule is C[C@@H](I)CC/C=C\NC[IH+]. The molecule has 0 heterocycles. The molecule has 1 nitrogen and oxygen atoms in total. The third-order valence-corrected chi connectivity index (χ3v) is 2.15. The largest absolute Gasteiger partial charge is 0.352 e. The zero-order chi connectivity index (χ0) is 7.82. The predicted octanol–water partition coefficient (Wildman–Crippen LogP) is -1.06. The summed E-state index contributed by atoms with van der Waals surface area (Å²) < 4.78 is 1.83. The molecule has 0 bridgehead atoms. The van der Waals surface area contributed by atoms with Gasteiger partial charge >= 0.3 is 0 Å². The summed E-state index contributed by atoms with van der Waals surface area (Å²) in [6, 6.07) is 0. The quantitative estimate of drug-likeness (QED) is 0.372. The van der Waals surface area contributed by atoms with Crippen molar-refractivity contribution in [3.05, 3.63) is 12.3 Å². The molecule has 0 saturated carbocycles. The minimum Gasteiger partial charge on any atom is -0.352 e. The van der Waals surface area contributed by atoms with E-state index in [1.165, 1.54) is 12.8 Å². The van der Waals surface area contributed by atoms with Crippen molar-refractivity contribution in [2.24, 2.45) is 0 Å². The maximum atomic E-state index is 3.14. The molecule has 0 aromatic rings. The Hall–Kier alpha value is 1.00. The summed E-state index contributed by atoms with van der Waals surface area (Å²) in [5, 5.41) is 3.14. The van der Waals surface area contributed by atoms with Crippen LogP contribution < -0.4 is 27.9 Å². The summed E-state index contributed by atoms with van der Waals surface area (Å²) in [7, 11) is 0. The highest BCUT2D eigenvalue weighted by atomic mass is 127. The number of hydrogen-bond donors (Lipinski definition) is 1. The maximum absolute atomic E-state index is 3.14. The molecular formula is C7H14I2N+. The molecule has 0 amide bonds. The van der Waals surface area contributed by atoms with Gasteiger partial charge in [-0.25, -0.2) is 0 Å². The van der Waals surface area contributed by atoms with Gasteiger partial charge in [-0.2, -0.15) is 0 Å². The zero-order valence-electron chi connectivity index (χ0n) is 6.14. The standard InChI is InChI=1S/C7H14I2N/c1-7(9)4-2-3-5-10-6-8/h3,5,7-8,10H,2,4,6H2,1H3/q+1/b5-3-/t7-/m1/s1. The van der Waals surface area contributed by atoms with Gasteiger partial charge in [0.05, 0.1) is 0 Å². The van der Waals surface area contributed by atoms with E-state index in [2.05, 4.69) is 40.9 Å². The molecule has 0 radical (unpaired) electrons. The highest BCUT2D eigenvalue weighted by Crippen LogP contribution is 2.06. The van der Waals surface area contributed by atoms with Gasteiger partial charge in [-0.05, 0) is 19.0 Å². The highest BCUT2D eigenvalue weighted by molar-refractivity contribution is 14.1. The van der Waals surface area contributed by atoms with Crippen molar-refractivity contribution < 1.29 is 22.6 Å². The predicted molar refractivity (Wildman–Crippen MR) is 51.3 cm³/mol. The highest BCUT2D eigenvalue weighted by Gasteiger charge is 1.90. The smallest absolute Gasteiger partial charge is 0.275 e. The zero-order valence-corrected chi connectivity index (χ0v) is 10.6. The Morgan fingerprint density at radius 3 is 2.90 bits per heavy atom. The monoisotopic (exact) mass is 366 g/mol. The van der Waals surface area contributed by atoms with Crippen molar-refractivity contribution in [3.8, 4) is 0 Å². The van der Waals surface area contributed by atoms with E-state index in [4.69, 9.17) is 0 Å². The minimum absolute atomic E-state index is 0.796. The Morgan fingerprint density at radius 1 is 1.70 bits per heavy atom. The van der Waals surface area contributed by atoms with Crippen LogP contribution in [0.2, 0.25) is 0 Å². The summed E-state index contributed by atoms with van der Waals surface area (Å²) in [6.07, 6.45) is 6.71. The van der Waals surface area contributed by atoms with E-state index in [9.17, 15) is 0 Å². The lowest BCUT2D eigenvalue weighted by Gasteiger charge is -1.96. The number of rotatable bonds is 5. The fourth-order valence-corrected chi connectivity index (χ4v) is 1.17. The second-order valence-electron chi connectivity index (χ2n) is 2.11. The first-order valence-electron chi connectivity index (χ1n) is 3.38. The molecule has 0 aliphatic heterocycles. The Morgan fingerprint density at radius 2 is 2.40 bits per heavy atom. The molecule has 0 aliphatic carbocycles. The van der Waals surface area contributed by atoms with Crippen LogP contribution in [-0.4, -0.2) is 8.48 Å². The van der Waals surface area contributed by atoms with E-state index in [0.29, 0.717) is 0 Å². The van der Waals surface area contributed by atoms with Crippen LogP contribution in [0.5, 0.6) is 0 Å². The van der Waals surface area contributed by atoms with E-state index in [1.807, 2.05) is 28.8 Å². The Labute approximate surface area is 90.3 Å². The third kappa shape index (κ3) is 9.00. The van der Waals surface area contributed by atoms with Gasteiger partial charge in [0.25, 0.3) is 22.6 Å². The molecule has 0 unspecified atom stereocenters. The number of halogens is 2. The third-order valence-electron chi connectivity index (χ3n) is 1.05. The number of nitrogens with one attached hydrogen (secondary N) is 1. The number of alkyl halides is 2. The summed E-state index contributed by atoms with van der Waals surface area (Å²) in [4.78, 5) is 0. The van der Waals surface area contributed by atoms with Crippen molar-refractivity contribution in [1.82, 2.24) is 5.32 Å². The Balaban J connectivity index is 3.02. The molecule has 0 fully saturated rings. The van der Waals surface area contributed by atoms with Crippen LogP contribution in [0.4, 0.5) is 0 Å². The molecule has 0 aliphatic rings. The minimum atomic E-state index is 0.796. The molecule has 0 spiro atoms. The van der Waals surface area contributed by atoms with Crippen molar-refractivity contribution in [2.45, 2.75) is 23.7 Å². The van der Waals surface area contributed by atoms with Crippen molar-refractivity contribution >= 4 is 22.6 Å². The van der Waals surface area contributed by atoms with Gasteiger partial charge in [0.2, 0.25) is 4.55 Å². The van der Waals surface area contributed by atoms with Crippen LogP contribution in [-0.2, 0) is 0 Å². The van der Waals surface area contributed by atoms with E-state index in [-0.39, 0.29) is 0 Å². The van der Waals surface area contributed by atoms with Gasteiger partial charge < -0.3 is 5.32 Å². The molecule has 0 saturated heterocycles. The van der Waals surface area contributed by atoms with E-state index >= 15 is 0 Å². The fourth-order valence-electron chi connectivity index (χ4n) is 0.541. The lowest BCUT2D eigenvalue weighted by molar-refractivity contribution is -0.372. The van der Waals surface area contributed by atoms with E-state index in [1.54, 1.807) is 0 Å². The van der Waals surface area contributed by atoms with Gasteiger partial charge in [0.1, 0.15) is 0 Å². The molecule has 10 heavy (non-hydrogen) atoms. The molecule has 0 aromatic carbocycles. The van der Waals surface area contributed by atoms with Crippen LogP contribution in [0, 0.1) is 0 Å². The van der Waals surface area contributed by atoms with E-state index in [0.717, 1.165) is 8.48 Å². The van der Waals surface area contributed by atoms with Gasteiger partial charge in [-0.15, -0.1) is 0 Å². The lowest BCUT2D eigenvalue weighted by atomic mass is 10.2. The normalized spacial score (nSPS) is 13.9. The number of hydrogen-bond acceptors (Lipinski definition) is 1. The molecule has 1 N–H and O–H groups in total. The Bertz CT molecular complexity index is 91.6. The topological polar surface area (TPSA) is 12.0 Å². The lowest BCUT2D eigenvalue weighted by Crippen LogP contribution is -3.36. The first-order chi connectivity index (χ1) is 4.77. The summed E-state index contributed by atoms with van der Waals surface area (Å²) >= 11 is 4.49. The van der Waals surface area contributed by atoms with Crippen LogP contribution in [0.25, 0.3) is 0 Å². The Kier molecular flexibility index (Phi) is 8.91. The molecular weight excluding hydrogens is 352 g/mol. The second-order valence-corrected chi connectivity index (χ2v) is 5.06. The average molecular weight is 366 g/mol. The van der Waals surface area contributed by atoms with Gasteiger partial charge in [0.15, 0.2) is 0 Å². The molecule has 0 aromatic heterocycles. The van der Waals surface area contributed by atoms with Crippen molar-refractivity contribution in [2.75, 3.05) is 4.55 Å². The van der Waals surface area contributed by atoms with Gasteiger partial charge in [-0.1, -0.05) is 35.6 Å². The van der Waals surface area contributed by atoms with Crippen LogP contribution >= 0.6 is 22.6 Å². The maximum Gasteiger partial charge on any atom is 0.275 e. The average Bonchev–Trinajstić information content (AvgIpc) is 1.87. The molecule has 60 valence electrons. The van der Waals surface area contributed by atoms with Crippen LogP contribution in [0.1, 0.15) is 19.8 Å². The first kappa shape index (κ1) is 11.0. The molecule has 1 atom stereocenters. The van der Waals surface area contributed by atoms with Crippen LogP contribution in [0.3, 0.4) is 0 Å². The summed E-state index contributed by atoms with van der Waals surface area (Å²) in [6.45, 7) is 2.24. The van der Waals surface area contributed by atoms with Crippen LogP contribution in [0.15, 0.2) is 12.3 Å². The fraction of sp³-hybridized carbons (Fsp3) is 0.714. The molecule has 3 heteroatoms.